The van der Waals surface area contributed by atoms with Crippen LogP contribution in [0.1, 0.15) is 24.4 Å². The summed E-state index contributed by atoms with van der Waals surface area (Å²) in [7, 11) is 0. The molecule has 0 bridgehead atoms. The van der Waals surface area contributed by atoms with Crippen molar-refractivity contribution < 1.29 is 4.74 Å². The third-order valence-corrected chi connectivity index (χ3v) is 3.29. The first-order valence-corrected chi connectivity index (χ1v) is 5.98. The third-order valence-electron chi connectivity index (χ3n) is 3.05. The van der Waals surface area contributed by atoms with Crippen LogP contribution in [0.3, 0.4) is 0 Å². The van der Waals surface area contributed by atoms with Gasteiger partial charge in [-0.15, -0.1) is 0 Å². The maximum absolute atomic E-state index is 5.98. The van der Waals surface area contributed by atoms with E-state index in [1.807, 2.05) is 24.3 Å². The zero-order valence-corrected chi connectivity index (χ0v) is 9.91. The molecule has 2 unspecified atom stereocenters. The second-order valence-corrected chi connectivity index (χ2v) is 4.61. The van der Waals surface area contributed by atoms with E-state index in [9.17, 15) is 0 Å². The number of ether oxygens (including phenoxy) is 1. The summed E-state index contributed by atoms with van der Waals surface area (Å²) in [4.78, 5) is 0. The number of hydrazine groups is 1. The highest BCUT2D eigenvalue weighted by Crippen LogP contribution is 2.29. The van der Waals surface area contributed by atoms with Gasteiger partial charge in [-0.2, -0.15) is 0 Å². The minimum absolute atomic E-state index is 0.124. The summed E-state index contributed by atoms with van der Waals surface area (Å²) in [6.07, 6.45) is 2.24. The number of nitrogens with two attached hydrogens (primary N) is 1. The average molecular weight is 241 g/mol. The minimum Gasteiger partial charge on any atom is -0.381 e. The van der Waals surface area contributed by atoms with Crippen LogP contribution in [0.2, 0.25) is 5.02 Å². The first-order chi connectivity index (χ1) is 7.81. The highest BCUT2D eigenvalue weighted by molar-refractivity contribution is 6.30. The summed E-state index contributed by atoms with van der Waals surface area (Å²) in [5, 5.41) is 0.745. The van der Waals surface area contributed by atoms with Gasteiger partial charge >= 0.3 is 0 Å². The molecule has 3 N–H and O–H groups in total. The molecule has 1 heterocycles. The molecule has 0 saturated carbocycles. The maximum atomic E-state index is 5.98. The van der Waals surface area contributed by atoms with Gasteiger partial charge in [0.2, 0.25) is 0 Å². The Bertz CT molecular complexity index is 340. The molecule has 1 aliphatic rings. The SMILES string of the molecule is NNC(c1cccc(Cl)c1)C1CCCOC1. The van der Waals surface area contributed by atoms with E-state index in [4.69, 9.17) is 22.2 Å². The predicted octanol–water partition coefficient (Wildman–Crippen LogP) is 2.27. The van der Waals surface area contributed by atoms with Crippen molar-refractivity contribution in [2.24, 2.45) is 11.8 Å². The average Bonchev–Trinajstić information content (AvgIpc) is 2.31. The lowest BCUT2D eigenvalue weighted by atomic mass is 9.89. The molecule has 1 aliphatic heterocycles. The Labute approximate surface area is 101 Å². The van der Waals surface area contributed by atoms with Crippen LogP contribution >= 0.6 is 11.6 Å². The van der Waals surface area contributed by atoms with E-state index >= 15 is 0 Å². The van der Waals surface area contributed by atoms with Crippen molar-refractivity contribution in [3.05, 3.63) is 34.9 Å². The molecule has 2 rings (SSSR count). The van der Waals surface area contributed by atoms with Gasteiger partial charge in [-0.05, 0) is 30.5 Å². The summed E-state index contributed by atoms with van der Waals surface area (Å²) in [6, 6.07) is 7.95. The fourth-order valence-corrected chi connectivity index (χ4v) is 2.43. The molecule has 1 saturated heterocycles. The fourth-order valence-electron chi connectivity index (χ4n) is 2.23. The van der Waals surface area contributed by atoms with E-state index in [0.29, 0.717) is 5.92 Å². The van der Waals surface area contributed by atoms with Crippen molar-refractivity contribution >= 4 is 11.6 Å². The number of hydrogen-bond acceptors (Lipinski definition) is 3. The molecular weight excluding hydrogens is 224 g/mol. The molecule has 16 heavy (non-hydrogen) atoms. The van der Waals surface area contributed by atoms with E-state index in [0.717, 1.165) is 36.6 Å². The molecule has 0 radical (unpaired) electrons. The van der Waals surface area contributed by atoms with Crippen LogP contribution in [0.15, 0.2) is 24.3 Å². The topological polar surface area (TPSA) is 47.3 Å². The van der Waals surface area contributed by atoms with Gasteiger partial charge < -0.3 is 4.74 Å². The van der Waals surface area contributed by atoms with Crippen molar-refractivity contribution in [3.8, 4) is 0 Å². The molecular formula is C12H17ClN2O. The van der Waals surface area contributed by atoms with Crippen LogP contribution in [0, 0.1) is 5.92 Å². The Morgan fingerprint density at radius 3 is 3.00 bits per heavy atom. The van der Waals surface area contributed by atoms with Crippen LogP contribution in [0.25, 0.3) is 0 Å². The summed E-state index contributed by atoms with van der Waals surface area (Å²) in [5.41, 5.74) is 4.01. The largest absolute Gasteiger partial charge is 0.381 e. The number of rotatable bonds is 3. The second kappa shape index (κ2) is 5.64. The molecule has 88 valence electrons. The fraction of sp³-hybridized carbons (Fsp3) is 0.500. The monoisotopic (exact) mass is 240 g/mol. The van der Waals surface area contributed by atoms with Crippen LogP contribution in [-0.2, 0) is 4.74 Å². The minimum atomic E-state index is 0.124. The normalized spacial score (nSPS) is 23.0. The van der Waals surface area contributed by atoms with Crippen molar-refractivity contribution in [3.63, 3.8) is 0 Å². The quantitative estimate of drug-likeness (QED) is 0.630. The number of benzene rings is 1. The molecule has 2 atom stereocenters. The summed E-state index contributed by atoms with van der Waals surface area (Å²) in [6.45, 7) is 1.63. The van der Waals surface area contributed by atoms with E-state index < -0.39 is 0 Å². The summed E-state index contributed by atoms with van der Waals surface area (Å²) < 4.78 is 5.49. The molecule has 0 amide bonds. The standard InChI is InChI=1S/C12H17ClN2O/c13-11-5-1-3-9(7-11)12(15-14)10-4-2-6-16-8-10/h1,3,5,7,10,12,15H,2,4,6,8,14H2. The lowest BCUT2D eigenvalue weighted by Gasteiger charge is -2.30. The van der Waals surface area contributed by atoms with E-state index in [-0.39, 0.29) is 6.04 Å². The van der Waals surface area contributed by atoms with Gasteiger partial charge in [0, 0.05) is 17.5 Å². The molecule has 3 nitrogen and oxygen atoms in total. The Hall–Kier alpha value is -0.610. The molecule has 0 aromatic heterocycles. The Morgan fingerprint density at radius 1 is 1.50 bits per heavy atom. The lowest BCUT2D eigenvalue weighted by molar-refractivity contribution is 0.0390. The lowest BCUT2D eigenvalue weighted by Crippen LogP contribution is -2.37. The molecule has 1 fully saturated rings. The third kappa shape index (κ3) is 2.74. The van der Waals surface area contributed by atoms with Gasteiger partial charge in [0.15, 0.2) is 0 Å². The maximum Gasteiger partial charge on any atom is 0.0513 e. The van der Waals surface area contributed by atoms with Gasteiger partial charge in [-0.3, -0.25) is 11.3 Å². The van der Waals surface area contributed by atoms with E-state index in [1.165, 1.54) is 0 Å². The summed E-state index contributed by atoms with van der Waals surface area (Å²) in [5.74, 6) is 6.07. The van der Waals surface area contributed by atoms with Gasteiger partial charge in [0.1, 0.15) is 0 Å². The van der Waals surface area contributed by atoms with Crippen molar-refractivity contribution in [2.75, 3.05) is 13.2 Å². The van der Waals surface area contributed by atoms with E-state index in [1.54, 1.807) is 0 Å². The van der Waals surface area contributed by atoms with Crippen LogP contribution in [0.5, 0.6) is 0 Å². The van der Waals surface area contributed by atoms with Gasteiger partial charge in [-0.25, -0.2) is 0 Å². The van der Waals surface area contributed by atoms with Gasteiger partial charge in [-0.1, -0.05) is 23.7 Å². The molecule has 1 aromatic carbocycles. The van der Waals surface area contributed by atoms with Crippen molar-refractivity contribution in [1.29, 1.82) is 0 Å². The number of halogens is 1. The van der Waals surface area contributed by atoms with Crippen LogP contribution in [-0.4, -0.2) is 13.2 Å². The molecule has 0 spiro atoms. The summed E-state index contributed by atoms with van der Waals surface area (Å²) >= 11 is 5.98. The van der Waals surface area contributed by atoms with Gasteiger partial charge in [0.05, 0.1) is 12.6 Å². The Morgan fingerprint density at radius 2 is 2.38 bits per heavy atom. The number of nitrogens with one attached hydrogen (secondary N) is 1. The van der Waals surface area contributed by atoms with E-state index in [2.05, 4.69) is 5.43 Å². The molecule has 4 heteroatoms. The van der Waals surface area contributed by atoms with Crippen LogP contribution < -0.4 is 11.3 Å². The zero-order chi connectivity index (χ0) is 11.4. The second-order valence-electron chi connectivity index (χ2n) is 4.18. The first kappa shape index (κ1) is 11.9. The predicted molar refractivity (Wildman–Crippen MR) is 65.1 cm³/mol. The number of hydrogen-bond donors (Lipinski definition) is 2. The molecule has 0 aliphatic carbocycles. The van der Waals surface area contributed by atoms with Crippen molar-refractivity contribution in [1.82, 2.24) is 5.43 Å². The molecule has 1 aromatic rings. The highest BCUT2D eigenvalue weighted by atomic mass is 35.5. The Kier molecular flexibility index (Phi) is 4.18. The van der Waals surface area contributed by atoms with Crippen molar-refractivity contribution in [2.45, 2.75) is 18.9 Å². The van der Waals surface area contributed by atoms with Crippen LogP contribution in [0.4, 0.5) is 0 Å². The van der Waals surface area contributed by atoms with Gasteiger partial charge in [0.25, 0.3) is 0 Å². The Balaban J connectivity index is 2.14. The first-order valence-electron chi connectivity index (χ1n) is 5.60. The smallest absolute Gasteiger partial charge is 0.0513 e. The highest BCUT2D eigenvalue weighted by Gasteiger charge is 2.24. The zero-order valence-electron chi connectivity index (χ0n) is 9.16.